The summed E-state index contributed by atoms with van der Waals surface area (Å²) >= 11 is 0. The molecule has 19 heavy (non-hydrogen) atoms. The van der Waals surface area contributed by atoms with Crippen LogP contribution in [0, 0.1) is 0 Å². The molecule has 1 atom stereocenters. The second kappa shape index (κ2) is 8.11. The van der Waals surface area contributed by atoms with Crippen LogP contribution in [-0.4, -0.2) is 70.1 Å². The summed E-state index contributed by atoms with van der Waals surface area (Å²) in [6, 6.07) is -0.258. The summed E-state index contributed by atoms with van der Waals surface area (Å²) in [5.41, 5.74) is 0. The van der Waals surface area contributed by atoms with Crippen molar-refractivity contribution < 1.29 is 23.6 Å². The van der Waals surface area contributed by atoms with Crippen LogP contribution in [0.15, 0.2) is 0 Å². The van der Waals surface area contributed by atoms with Crippen LogP contribution in [0.5, 0.6) is 0 Å². The molecule has 1 fully saturated rings. The monoisotopic (exact) mass is 292 g/mol. The number of nitrogens with one attached hydrogen (secondary N) is 1. The Hall–Kier alpha value is -1.15. The average molecular weight is 292 g/mol. The maximum absolute atomic E-state index is 11.8. The molecule has 1 saturated heterocycles. The Morgan fingerprint density at radius 2 is 2.05 bits per heavy atom. The molecule has 7 nitrogen and oxygen atoms in total. The summed E-state index contributed by atoms with van der Waals surface area (Å²) in [5, 5.41) is 11.4. The van der Waals surface area contributed by atoms with E-state index in [-0.39, 0.29) is 19.0 Å². The number of rotatable bonds is 6. The highest BCUT2D eigenvalue weighted by molar-refractivity contribution is 7.85. The van der Waals surface area contributed by atoms with E-state index in [4.69, 9.17) is 9.84 Å². The van der Waals surface area contributed by atoms with E-state index in [1.165, 1.54) is 0 Å². The smallest absolute Gasteiger partial charge is 0.317 e. The average Bonchev–Trinajstić information content (AvgIpc) is 2.36. The van der Waals surface area contributed by atoms with Gasteiger partial charge in [-0.1, -0.05) is 0 Å². The van der Waals surface area contributed by atoms with Gasteiger partial charge in [-0.2, -0.15) is 0 Å². The predicted octanol–water partition coefficient (Wildman–Crippen LogP) is -0.360. The van der Waals surface area contributed by atoms with Crippen LogP contribution >= 0.6 is 0 Å². The molecule has 2 N–H and O–H groups in total. The summed E-state index contributed by atoms with van der Waals surface area (Å²) in [6.07, 6.45) is -0.664. The van der Waals surface area contributed by atoms with E-state index >= 15 is 0 Å². The molecule has 1 unspecified atom stereocenters. The summed E-state index contributed by atoms with van der Waals surface area (Å²) in [5.74, 6) is 0.0376. The number of hydrogen-bond donors (Lipinski definition) is 2. The van der Waals surface area contributed by atoms with Crippen molar-refractivity contribution in [1.29, 1.82) is 0 Å². The van der Waals surface area contributed by atoms with Gasteiger partial charge in [0.05, 0.1) is 12.5 Å². The van der Waals surface area contributed by atoms with Gasteiger partial charge in [-0.25, -0.2) is 4.79 Å². The molecule has 8 heteroatoms. The lowest BCUT2D eigenvalue weighted by Crippen LogP contribution is -2.48. The van der Waals surface area contributed by atoms with Crippen molar-refractivity contribution in [2.45, 2.75) is 19.4 Å². The van der Waals surface area contributed by atoms with Crippen molar-refractivity contribution in [3.8, 4) is 0 Å². The van der Waals surface area contributed by atoms with E-state index in [1.807, 2.05) is 0 Å². The van der Waals surface area contributed by atoms with Crippen molar-refractivity contribution >= 4 is 22.8 Å². The van der Waals surface area contributed by atoms with Crippen molar-refractivity contribution in [3.05, 3.63) is 0 Å². The van der Waals surface area contributed by atoms with Crippen molar-refractivity contribution in [1.82, 2.24) is 10.2 Å². The Balaban J connectivity index is 2.34. The number of carboxylic acids is 1. The van der Waals surface area contributed by atoms with Crippen molar-refractivity contribution in [3.63, 3.8) is 0 Å². The molecular weight excluding hydrogens is 272 g/mol. The van der Waals surface area contributed by atoms with E-state index in [0.717, 1.165) is 0 Å². The van der Waals surface area contributed by atoms with E-state index in [1.54, 1.807) is 11.8 Å². The second-order valence-corrected chi connectivity index (χ2v) is 5.89. The first-order valence-electron chi connectivity index (χ1n) is 6.24. The molecule has 0 spiro atoms. The third-order valence-corrected chi connectivity index (χ3v) is 4.03. The summed E-state index contributed by atoms with van der Waals surface area (Å²) < 4.78 is 16.4. The number of amides is 2. The third-order valence-electron chi connectivity index (χ3n) is 2.75. The number of carboxylic acid groups (broad SMARTS) is 1. The summed E-state index contributed by atoms with van der Waals surface area (Å²) in [7, 11) is -0.825. The quantitative estimate of drug-likeness (QED) is 0.697. The Kier molecular flexibility index (Phi) is 6.79. The topological polar surface area (TPSA) is 95.9 Å². The van der Waals surface area contributed by atoms with Crippen LogP contribution < -0.4 is 5.32 Å². The Labute approximate surface area is 114 Å². The number of urea groups is 1. The van der Waals surface area contributed by atoms with Gasteiger partial charge in [0, 0.05) is 48.5 Å². The largest absolute Gasteiger partial charge is 0.481 e. The maximum atomic E-state index is 11.8. The highest BCUT2D eigenvalue weighted by atomic mass is 32.2. The maximum Gasteiger partial charge on any atom is 0.317 e. The highest BCUT2D eigenvalue weighted by Crippen LogP contribution is 2.02. The van der Waals surface area contributed by atoms with E-state index in [2.05, 4.69) is 5.32 Å². The highest BCUT2D eigenvalue weighted by Gasteiger charge is 2.21. The zero-order valence-electron chi connectivity index (χ0n) is 11.0. The Bertz CT molecular complexity index is 340. The molecule has 0 aliphatic carbocycles. The van der Waals surface area contributed by atoms with Gasteiger partial charge >= 0.3 is 12.0 Å². The Morgan fingerprint density at radius 3 is 2.58 bits per heavy atom. The number of ether oxygens (including phenoxy) is 1. The predicted molar refractivity (Wildman–Crippen MR) is 70.5 cm³/mol. The first kappa shape index (κ1) is 15.9. The molecule has 0 saturated carbocycles. The molecule has 2 amide bonds. The van der Waals surface area contributed by atoms with E-state index < -0.39 is 22.9 Å². The zero-order valence-corrected chi connectivity index (χ0v) is 11.8. The number of aliphatic carboxylic acids is 1. The molecule has 0 aromatic carbocycles. The number of carbonyl (C=O) groups excluding carboxylic acids is 1. The fourth-order valence-corrected chi connectivity index (χ4v) is 2.83. The van der Waals surface area contributed by atoms with Crippen LogP contribution in [0.1, 0.15) is 13.3 Å². The van der Waals surface area contributed by atoms with E-state index in [0.29, 0.717) is 31.2 Å². The van der Waals surface area contributed by atoms with Gasteiger partial charge in [-0.05, 0) is 6.92 Å². The van der Waals surface area contributed by atoms with Crippen LogP contribution in [-0.2, 0) is 20.3 Å². The van der Waals surface area contributed by atoms with Gasteiger partial charge in [-0.15, -0.1) is 0 Å². The van der Waals surface area contributed by atoms with Gasteiger partial charge in [0.15, 0.2) is 0 Å². The molecular formula is C11H20N2O5S. The summed E-state index contributed by atoms with van der Waals surface area (Å²) in [6.45, 7) is 3.28. The lowest BCUT2D eigenvalue weighted by molar-refractivity contribution is -0.140. The molecule has 110 valence electrons. The minimum atomic E-state index is -0.957. The summed E-state index contributed by atoms with van der Waals surface area (Å²) in [4.78, 5) is 24.0. The molecule has 0 aromatic heterocycles. The number of carbonyl (C=O) groups is 2. The molecule has 1 rings (SSSR count). The standard InChI is InChI=1S/C11H20N2O5S/c1-2-18-9(7-10(14)15)8-12-11(16)13-3-5-19(17)6-4-13/h9H,2-8H2,1H3,(H,12,16)(H,14,15). The van der Waals surface area contributed by atoms with E-state index in [9.17, 15) is 13.8 Å². The van der Waals surface area contributed by atoms with Crippen LogP contribution in [0.3, 0.4) is 0 Å². The van der Waals surface area contributed by atoms with Gasteiger partial charge in [0.25, 0.3) is 0 Å². The molecule has 0 radical (unpaired) electrons. The minimum Gasteiger partial charge on any atom is -0.481 e. The first-order chi connectivity index (χ1) is 9.02. The fourth-order valence-electron chi connectivity index (χ4n) is 1.77. The number of nitrogens with zero attached hydrogens (tertiary/aromatic N) is 1. The van der Waals surface area contributed by atoms with Gasteiger partial charge in [-0.3, -0.25) is 9.00 Å². The molecule has 1 aliphatic heterocycles. The Morgan fingerprint density at radius 1 is 1.42 bits per heavy atom. The lowest BCUT2D eigenvalue weighted by atomic mass is 10.2. The lowest BCUT2D eigenvalue weighted by Gasteiger charge is -2.27. The molecule has 0 bridgehead atoms. The first-order valence-corrected chi connectivity index (χ1v) is 7.73. The molecule has 1 aliphatic rings. The molecule has 0 aromatic rings. The SMILES string of the molecule is CCOC(CNC(=O)N1CCS(=O)CC1)CC(=O)O. The van der Waals surface area contributed by atoms with Gasteiger partial charge in [0.2, 0.25) is 0 Å². The van der Waals surface area contributed by atoms with Crippen LogP contribution in [0.25, 0.3) is 0 Å². The molecule has 1 heterocycles. The van der Waals surface area contributed by atoms with Gasteiger partial charge in [0.1, 0.15) is 0 Å². The third kappa shape index (κ3) is 6.02. The van der Waals surface area contributed by atoms with Crippen LogP contribution in [0.2, 0.25) is 0 Å². The van der Waals surface area contributed by atoms with Crippen molar-refractivity contribution in [2.24, 2.45) is 0 Å². The zero-order chi connectivity index (χ0) is 14.3. The van der Waals surface area contributed by atoms with Crippen LogP contribution in [0.4, 0.5) is 4.79 Å². The second-order valence-electron chi connectivity index (χ2n) is 4.20. The fraction of sp³-hybridized carbons (Fsp3) is 0.818. The van der Waals surface area contributed by atoms with Crippen molar-refractivity contribution in [2.75, 3.05) is 37.7 Å². The normalized spacial score (nSPS) is 18.1. The minimum absolute atomic E-state index is 0.141. The van der Waals surface area contributed by atoms with Gasteiger partial charge < -0.3 is 20.1 Å². The number of hydrogen-bond acceptors (Lipinski definition) is 4.